The molecule has 2 heterocycles. The minimum absolute atomic E-state index is 0.142. The fourth-order valence-corrected chi connectivity index (χ4v) is 2.20. The van der Waals surface area contributed by atoms with Crippen molar-refractivity contribution in [2.45, 2.75) is 38.6 Å². The molecule has 1 unspecified atom stereocenters. The third kappa shape index (κ3) is 2.08. The summed E-state index contributed by atoms with van der Waals surface area (Å²) < 4.78 is 0. The van der Waals surface area contributed by atoms with Crippen molar-refractivity contribution in [2.24, 2.45) is 5.92 Å². The van der Waals surface area contributed by atoms with Crippen molar-refractivity contribution in [2.75, 3.05) is 19.6 Å². The maximum atomic E-state index is 11.9. The van der Waals surface area contributed by atoms with Gasteiger partial charge in [0.2, 0.25) is 5.91 Å². The summed E-state index contributed by atoms with van der Waals surface area (Å²) in [5.74, 6) is 1.13. The van der Waals surface area contributed by atoms with Gasteiger partial charge in [0, 0.05) is 13.1 Å². The van der Waals surface area contributed by atoms with Crippen molar-refractivity contribution in [1.29, 1.82) is 0 Å². The van der Waals surface area contributed by atoms with E-state index in [-0.39, 0.29) is 6.04 Å². The number of rotatable bonds is 1. The van der Waals surface area contributed by atoms with E-state index in [0.29, 0.717) is 5.91 Å². The highest BCUT2D eigenvalue weighted by atomic mass is 16.2. The number of likely N-dealkylation sites (tertiary alicyclic amines) is 1. The van der Waals surface area contributed by atoms with Gasteiger partial charge in [0.25, 0.3) is 0 Å². The summed E-state index contributed by atoms with van der Waals surface area (Å²) in [6.07, 6.45) is 4.67. The highest BCUT2D eigenvalue weighted by molar-refractivity contribution is 5.82. The Balaban J connectivity index is 1.86. The molecule has 80 valence electrons. The van der Waals surface area contributed by atoms with Crippen molar-refractivity contribution in [1.82, 2.24) is 10.2 Å². The van der Waals surface area contributed by atoms with E-state index >= 15 is 0 Å². The highest BCUT2D eigenvalue weighted by Crippen LogP contribution is 2.18. The van der Waals surface area contributed by atoms with Crippen LogP contribution in [0.4, 0.5) is 0 Å². The van der Waals surface area contributed by atoms with Crippen LogP contribution >= 0.6 is 0 Å². The summed E-state index contributed by atoms with van der Waals surface area (Å²) in [5.41, 5.74) is 0. The van der Waals surface area contributed by atoms with Gasteiger partial charge in [-0.2, -0.15) is 0 Å². The van der Waals surface area contributed by atoms with E-state index in [9.17, 15) is 4.79 Å². The van der Waals surface area contributed by atoms with Crippen molar-refractivity contribution < 1.29 is 4.79 Å². The summed E-state index contributed by atoms with van der Waals surface area (Å²) >= 11 is 0. The van der Waals surface area contributed by atoms with E-state index < -0.39 is 0 Å². The Labute approximate surface area is 85.8 Å². The van der Waals surface area contributed by atoms with Crippen LogP contribution in [-0.4, -0.2) is 36.5 Å². The molecule has 2 fully saturated rings. The molecular formula is C11H20N2O. The Bertz CT molecular complexity index is 213. The van der Waals surface area contributed by atoms with Crippen molar-refractivity contribution >= 4 is 5.91 Å². The predicted octanol–water partition coefficient (Wildman–Crippen LogP) is 0.997. The summed E-state index contributed by atoms with van der Waals surface area (Å²) in [7, 11) is 0. The number of carbonyl (C=O) groups excluding carboxylic acids is 1. The number of carbonyl (C=O) groups is 1. The molecule has 0 spiro atoms. The molecule has 3 heteroatoms. The van der Waals surface area contributed by atoms with E-state index in [1.54, 1.807) is 0 Å². The van der Waals surface area contributed by atoms with E-state index in [2.05, 4.69) is 17.1 Å². The Morgan fingerprint density at radius 1 is 1.29 bits per heavy atom. The second-order valence-electron chi connectivity index (χ2n) is 4.66. The lowest BCUT2D eigenvalue weighted by Gasteiger charge is -2.32. The Kier molecular flexibility index (Phi) is 3.06. The maximum absolute atomic E-state index is 11.9. The zero-order chi connectivity index (χ0) is 9.97. The Morgan fingerprint density at radius 3 is 2.71 bits per heavy atom. The molecule has 0 aromatic rings. The third-order valence-electron chi connectivity index (χ3n) is 3.45. The van der Waals surface area contributed by atoms with Gasteiger partial charge in [-0.3, -0.25) is 4.79 Å². The summed E-state index contributed by atoms with van der Waals surface area (Å²) in [5, 5.41) is 3.18. The molecule has 0 radical (unpaired) electrons. The largest absolute Gasteiger partial charge is 0.341 e. The van der Waals surface area contributed by atoms with Gasteiger partial charge in [-0.25, -0.2) is 0 Å². The fraction of sp³-hybridized carbons (Fsp3) is 0.909. The highest BCUT2D eigenvalue weighted by Gasteiger charge is 2.29. The SMILES string of the molecule is CC1CCCN(C(=O)[C@H]2CCN2)CC1. The molecule has 2 atom stereocenters. The first kappa shape index (κ1) is 9.97. The van der Waals surface area contributed by atoms with Crippen LogP contribution in [0.3, 0.4) is 0 Å². The van der Waals surface area contributed by atoms with Crippen LogP contribution in [0.5, 0.6) is 0 Å². The average Bonchev–Trinajstić information content (AvgIpc) is 2.26. The zero-order valence-corrected chi connectivity index (χ0v) is 8.96. The summed E-state index contributed by atoms with van der Waals surface area (Å²) in [6.45, 7) is 5.25. The van der Waals surface area contributed by atoms with Crippen molar-refractivity contribution in [3.05, 3.63) is 0 Å². The van der Waals surface area contributed by atoms with E-state index in [0.717, 1.165) is 32.0 Å². The van der Waals surface area contributed by atoms with Crippen LogP contribution in [-0.2, 0) is 4.79 Å². The van der Waals surface area contributed by atoms with Gasteiger partial charge in [0.1, 0.15) is 0 Å². The number of amides is 1. The first-order chi connectivity index (χ1) is 6.77. The molecule has 0 saturated carbocycles. The third-order valence-corrected chi connectivity index (χ3v) is 3.45. The number of hydrogen-bond donors (Lipinski definition) is 1. The smallest absolute Gasteiger partial charge is 0.239 e. The second-order valence-corrected chi connectivity index (χ2v) is 4.66. The molecule has 2 saturated heterocycles. The lowest BCUT2D eigenvalue weighted by Crippen LogP contribution is -2.54. The van der Waals surface area contributed by atoms with Gasteiger partial charge >= 0.3 is 0 Å². The standard InChI is InChI=1S/C11H20N2O/c1-9-3-2-7-13(8-5-9)11(14)10-4-6-12-10/h9-10,12H,2-8H2,1H3/t9?,10-/m1/s1. The number of nitrogens with zero attached hydrogens (tertiary/aromatic N) is 1. The Hall–Kier alpha value is -0.570. The molecule has 3 nitrogen and oxygen atoms in total. The van der Waals surface area contributed by atoms with Crippen LogP contribution in [0.15, 0.2) is 0 Å². The first-order valence-electron chi connectivity index (χ1n) is 5.79. The van der Waals surface area contributed by atoms with E-state index in [1.807, 2.05) is 0 Å². The lowest BCUT2D eigenvalue weighted by molar-refractivity contribution is -0.135. The predicted molar refractivity (Wildman–Crippen MR) is 56.0 cm³/mol. The van der Waals surface area contributed by atoms with E-state index in [1.165, 1.54) is 19.3 Å². The first-order valence-corrected chi connectivity index (χ1v) is 5.79. The van der Waals surface area contributed by atoms with Gasteiger partial charge in [0.15, 0.2) is 0 Å². The van der Waals surface area contributed by atoms with Crippen LogP contribution in [0.25, 0.3) is 0 Å². The van der Waals surface area contributed by atoms with Gasteiger partial charge in [0.05, 0.1) is 6.04 Å². The minimum atomic E-state index is 0.142. The maximum Gasteiger partial charge on any atom is 0.239 e. The summed E-state index contributed by atoms with van der Waals surface area (Å²) in [6, 6.07) is 0.142. The molecular weight excluding hydrogens is 176 g/mol. The quantitative estimate of drug-likeness (QED) is 0.678. The molecule has 0 bridgehead atoms. The van der Waals surface area contributed by atoms with Crippen LogP contribution < -0.4 is 5.32 Å². The Morgan fingerprint density at radius 2 is 2.07 bits per heavy atom. The van der Waals surface area contributed by atoms with Crippen molar-refractivity contribution in [3.63, 3.8) is 0 Å². The normalized spacial score (nSPS) is 33.4. The second kappa shape index (κ2) is 4.30. The van der Waals surface area contributed by atoms with Crippen LogP contribution in [0.2, 0.25) is 0 Å². The number of nitrogens with one attached hydrogen (secondary N) is 1. The molecule has 14 heavy (non-hydrogen) atoms. The number of hydrogen-bond acceptors (Lipinski definition) is 2. The topological polar surface area (TPSA) is 32.3 Å². The molecule has 2 aliphatic heterocycles. The molecule has 2 rings (SSSR count). The van der Waals surface area contributed by atoms with Crippen LogP contribution in [0.1, 0.15) is 32.6 Å². The monoisotopic (exact) mass is 196 g/mol. The van der Waals surface area contributed by atoms with Gasteiger partial charge in [-0.05, 0) is 38.1 Å². The average molecular weight is 196 g/mol. The van der Waals surface area contributed by atoms with Crippen molar-refractivity contribution in [3.8, 4) is 0 Å². The van der Waals surface area contributed by atoms with Gasteiger partial charge in [-0.1, -0.05) is 6.92 Å². The molecule has 0 aromatic heterocycles. The van der Waals surface area contributed by atoms with Gasteiger partial charge < -0.3 is 10.2 Å². The van der Waals surface area contributed by atoms with Gasteiger partial charge in [-0.15, -0.1) is 0 Å². The summed E-state index contributed by atoms with van der Waals surface area (Å²) in [4.78, 5) is 14.0. The van der Waals surface area contributed by atoms with Crippen LogP contribution in [0, 0.1) is 5.92 Å². The lowest BCUT2D eigenvalue weighted by atomic mass is 10.0. The molecule has 0 aliphatic carbocycles. The fourth-order valence-electron chi connectivity index (χ4n) is 2.20. The molecule has 0 aromatic carbocycles. The molecule has 1 N–H and O–H groups in total. The van der Waals surface area contributed by atoms with E-state index in [4.69, 9.17) is 0 Å². The molecule has 2 aliphatic rings. The minimum Gasteiger partial charge on any atom is -0.341 e. The molecule has 1 amide bonds. The zero-order valence-electron chi connectivity index (χ0n) is 8.96.